The molecule has 0 aliphatic heterocycles. The van der Waals surface area contributed by atoms with Crippen molar-refractivity contribution in [2.75, 3.05) is 0 Å². The fraction of sp³-hybridized carbons (Fsp3) is 0.667. The highest BCUT2D eigenvalue weighted by Crippen LogP contribution is 2.31. The molecule has 0 aromatic heterocycles. The lowest BCUT2D eigenvalue weighted by atomic mass is 9.83. The Morgan fingerprint density at radius 3 is 2.00 bits per heavy atom. The fourth-order valence-corrected chi connectivity index (χ4v) is 4.14. The van der Waals surface area contributed by atoms with E-state index in [4.69, 9.17) is 4.74 Å². The first-order valence-electron chi connectivity index (χ1n) is 11.4. The van der Waals surface area contributed by atoms with E-state index >= 15 is 0 Å². The minimum Gasteiger partial charge on any atom is -0.460 e. The van der Waals surface area contributed by atoms with Gasteiger partial charge in [0.15, 0.2) is 0 Å². The monoisotopic (exact) mass is 396 g/mol. The predicted octanol–water partition coefficient (Wildman–Crippen LogP) is 7.00. The van der Waals surface area contributed by atoms with Gasteiger partial charge in [0.25, 0.3) is 0 Å². The number of hydrogen-bond donors (Lipinski definition) is 0. The molecule has 2 rings (SSSR count). The second kappa shape index (κ2) is 9.84. The van der Waals surface area contributed by atoms with Gasteiger partial charge in [-0.3, -0.25) is 4.79 Å². The smallest absolute Gasteiger partial charge is 0.310 e. The van der Waals surface area contributed by atoms with Crippen molar-refractivity contribution in [2.45, 2.75) is 105 Å². The summed E-state index contributed by atoms with van der Waals surface area (Å²) in [5.41, 5.74) is 4.20. The Morgan fingerprint density at radius 1 is 1.03 bits per heavy atom. The predicted molar refractivity (Wildman–Crippen MR) is 122 cm³/mol. The highest BCUT2D eigenvalue weighted by Gasteiger charge is 2.22. The Labute approximate surface area is 178 Å². The average molecular weight is 397 g/mol. The van der Waals surface area contributed by atoms with Crippen LogP contribution in [0.5, 0.6) is 0 Å². The van der Waals surface area contributed by atoms with Crippen LogP contribution in [0.3, 0.4) is 0 Å². The van der Waals surface area contributed by atoms with Crippen LogP contribution in [0.25, 0.3) is 0 Å². The van der Waals surface area contributed by atoms with Crippen LogP contribution < -0.4 is 0 Å². The van der Waals surface area contributed by atoms with E-state index in [9.17, 15) is 4.79 Å². The van der Waals surface area contributed by atoms with Crippen LogP contribution in [0.1, 0.15) is 115 Å². The summed E-state index contributed by atoms with van der Waals surface area (Å²) in [5.74, 6) is 8.90. The largest absolute Gasteiger partial charge is 0.460 e. The first-order valence-corrected chi connectivity index (χ1v) is 11.4. The number of ether oxygens (including phenoxy) is 1. The molecule has 2 heteroatoms. The number of rotatable bonds is 4. The second-order valence-corrected chi connectivity index (χ2v) is 10.4. The van der Waals surface area contributed by atoms with Crippen molar-refractivity contribution in [3.8, 4) is 11.8 Å². The van der Waals surface area contributed by atoms with Gasteiger partial charge >= 0.3 is 5.97 Å². The van der Waals surface area contributed by atoms with Gasteiger partial charge < -0.3 is 4.74 Å². The van der Waals surface area contributed by atoms with Gasteiger partial charge in [-0.25, -0.2) is 0 Å². The van der Waals surface area contributed by atoms with Crippen LogP contribution in [0.2, 0.25) is 0 Å². The topological polar surface area (TPSA) is 26.3 Å². The maximum absolute atomic E-state index is 12.6. The summed E-state index contributed by atoms with van der Waals surface area (Å²) >= 11 is 0. The van der Waals surface area contributed by atoms with Gasteiger partial charge in [-0.05, 0) is 93.0 Å². The molecule has 0 unspecified atom stereocenters. The van der Waals surface area contributed by atoms with Crippen molar-refractivity contribution in [1.82, 2.24) is 0 Å². The van der Waals surface area contributed by atoms with Crippen LogP contribution in [-0.2, 0) is 16.0 Å². The molecule has 160 valence electrons. The van der Waals surface area contributed by atoms with Crippen molar-refractivity contribution >= 4 is 5.97 Å². The van der Waals surface area contributed by atoms with E-state index in [1.54, 1.807) is 0 Å². The molecule has 0 heterocycles. The molecule has 0 radical (unpaired) electrons. The Bertz CT molecular complexity index is 731. The van der Waals surface area contributed by atoms with Gasteiger partial charge in [0.2, 0.25) is 0 Å². The van der Waals surface area contributed by atoms with Gasteiger partial charge in [-0.2, -0.15) is 0 Å². The summed E-state index contributed by atoms with van der Waals surface area (Å²) in [5, 5.41) is 0. The molecule has 0 spiro atoms. The van der Waals surface area contributed by atoms with Crippen LogP contribution in [0, 0.1) is 23.7 Å². The second-order valence-electron chi connectivity index (χ2n) is 10.4. The first kappa shape index (κ1) is 23.5. The molecule has 0 bridgehead atoms. The molecule has 1 aromatic rings. The third kappa shape index (κ3) is 7.22. The number of benzene rings is 1. The van der Waals surface area contributed by atoms with Gasteiger partial charge in [0.1, 0.15) is 5.60 Å². The van der Waals surface area contributed by atoms with E-state index in [-0.39, 0.29) is 5.97 Å². The summed E-state index contributed by atoms with van der Waals surface area (Å²) in [4.78, 5) is 12.6. The fourth-order valence-electron chi connectivity index (χ4n) is 4.14. The van der Waals surface area contributed by atoms with Crippen molar-refractivity contribution in [1.29, 1.82) is 0 Å². The van der Waals surface area contributed by atoms with Crippen molar-refractivity contribution in [2.24, 2.45) is 11.8 Å². The van der Waals surface area contributed by atoms with E-state index in [0.29, 0.717) is 24.2 Å². The van der Waals surface area contributed by atoms with Crippen molar-refractivity contribution in [3.63, 3.8) is 0 Å². The first-order chi connectivity index (χ1) is 13.5. The van der Waals surface area contributed by atoms with E-state index in [0.717, 1.165) is 17.0 Å². The molecule has 1 saturated carbocycles. The van der Waals surface area contributed by atoms with E-state index in [1.165, 1.54) is 36.8 Å². The third-order valence-electron chi connectivity index (χ3n) is 5.74. The zero-order valence-corrected chi connectivity index (χ0v) is 19.8. The molecule has 2 nitrogen and oxygen atoms in total. The van der Waals surface area contributed by atoms with Gasteiger partial charge in [-0.15, -0.1) is 0 Å². The molecule has 1 aliphatic rings. The minimum absolute atomic E-state index is 0.156. The standard InChI is InChI=1S/C27H40O2/c1-18(2)23-15-22(14-13-21-11-9-20(5)10-12-21)16-24(19(3)4)25(23)17-26(28)29-27(6,7)8/h15-16,18-21H,9-12,17H2,1-8H3. The Hall–Kier alpha value is -1.75. The van der Waals surface area contributed by atoms with Crippen LogP contribution in [0.15, 0.2) is 12.1 Å². The SMILES string of the molecule is CC1CCC(C#Cc2cc(C(C)C)c(CC(=O)OC(C)(C)C)c(C(C)C)c2)CC1. The normalized spacial score (nSPS) is 19.8. The zero-order chi connectivity index (χ0) is 21.8. The third-order valence-corrected chi connectivity index (χ3v) is 5.74. The van der Waals surface area contributed by atoms with Crippen LogP contribution in [0.4, 0.5) is 0 Å². The molecular formula is C27H40O2. The summed E-state index contributed by atoms with van der Waals surface area (Å²) in [6, 6.07) is 4.41. The van der Waals surface area contributed by atoms with Crippen LogP contribution >= 0.6 is 0 Å². The number of carbonyl (C=O) groups is 1. The van der Waals surface area contributed by atoms with Crippen LogP contribution in [-0.4, -0.2) is 11.6 Å². The Balaban J connectivity index is 2.36. The number of hydrogen-bond acceptors (Lipinski definition) is 2. The van der Waals surface area contributed by atoms with Gasteiger partial charge in [0, 0.05) is 11.5 Å². The molecule has 1 aliphatic carbocycles. The molecule has 0 atom stereocenters. The summed E-state index contributed by atoms with van der Waals surface area (Å²) in [6.45, 7) is 16.9. The molecule has 0 N–H and O–H groups in total. The lowest BCUT2D eigenvalue weighted by molar-refractivity contribution is -0.153. The number of esters is 1. The molecule has 1 aromatic carbocycles. The van der Waals surface area contributed by atoms with Crippen molar-refractivity contribution < 1.29 is 9.53 Å². The average Bonchev–Trinajstić information content (AvgIpc) is 2.59. The summed E-state index contributed by atoms with van der Waals surface area (Å²) < 4.78 is 5.61. The van der Waals surface area contributed by atoms with E-state index < -0.39 is 5.60 Å². The maximum Gasteiger partial charge on any atom is 0.310 e. The maximum atomic E-state index is 12.6. The molecule has 29 heavy (non-hydrogen) atoms. The van der Waals surface area contributed by atoms with Gasteiger partial charge in [0.05, 0.1) is 6.42 Å². The quantitative estimate of drug-likeness (QED) is 0.405. The molecule has 0 saturated heterocycles. The highest BCUT2D eigenvalue weighted by atomic mass is 16.6. The molecule has 1 fully saturated rings. The highest BCUT2D eigenvalue weighted by molar-refractivity contribution is 5.74. The summed E-state index contributed by atoms with van der Waals surface area (Å²) in [7, 11) is 0. The van der Waals surface area contributed by atoms with Crippen molar-refractivity contribution in [3.05, 3.63) is 34.4 Å². The van der Waals surface area contributed by atoms with E-state index in [2.05, 4.69) is 58.6 Å². The van der Waals surface area contributed by atoms with E-state index in [1.807, 2.05) is 20.8 Å². The minimum atomic E-state index is -0.462. The Kier molecular flexibility index (Phi) is 7.98. The van der Waals surface area contributed by atoms with Gasteiger partial charge in [-0.1, -0.05) is 46.5 Å². The molecular weight excluding hydrogens is 356 g/mol. The summed E-state index contributed by atoms with van der Waals surface area (Å²) in [6.07, 6.45) is 5.36. The molecule has 0 amide bonds. The zero-order valence-electron chi connectivity index (χ0n) is 19.8. The number of carbonyl (C=O) groups excluding carboxylic acids is 1. The lowest BCUT2D eigenvalue weighted by Gasteiger charge is -2.23. The Morgan fingerprint density at radius 2 is 1.55 bits per heavy atom. The lowest BCUT2D eigenvalue weighted by Crippen LogP contribution is -2.25.